The summed E-state index contributed by atoms with van der Waals surface area (Å²) < 4.78 is 5.27. The molecule has 0 bridgehead atoms. The van der Waals surface area contributed by atoms with Crippen LogP contribution in [0.1, 0.15) is 25.1 Å². The molecule has 0 spiro atoms. The molecule has 0 radical (unpaired) electrons. The van der Waals surface area contributed by atoms with Crippen LogP contribution in [0, 0.1) is 0 Å². The molecular weight excluding hydrogens is 463 g/mol. The van der Waals surface area contributed by atoms with Gasteiger partial charge in [-0.15, -0.1) is 24.0 Å². The highest BCUT2D eigenvalue weighted by atomic mass is 127. The number of rotatable bonds is 6. The van der Waals surface area contributed by atoms with E-state index in [-0.39, 0.29) is 24.0 Å². The largest absolute Gasteiger partial charge is 0.356 e. The molecule has 2 aromatic rings. The number of nitrogens with zero attached hydrogens (tertiary/aromatic N) is 4. The Labute approximate surface area is 175 Å². The summed E-state index contributed by atoms with van der Waals surface area (Å²) >= 11 is 1.95. The molecular formula is C17H25IN6OS. The van der Waals surface area contributed by atoms with E-state index in [1.165, 1.54) is 19.3 Å². The van der Waals surface area contributed by atoms with Crippen LogP contribution in [0.3, 0.4) is 0 Å². The van der Waals surface area contributed by atoms with E-state index >= 15 is 0 Å². The monoisotopic (exact) mass is 488 g/mol. The molecule has 0 aliphatic heterocycles. The second-order valence-electron chi connectivity index (χ2n) is 5.99. The maximum atomic E-state index is 5.27. The highest BCUT2D eigenvalue weighted by Gasteiger charge is 2.24. The molecule has 2 N–H and O–H groups in total. The fourth-order valence-corrected chi connectivity index (χ4v) is 3.71. The molecule has 2 aromatic heterocycles. The number of thioether (sulfide) groups is 1. The average molecular weight is 488 g/mol. The summed E-state index contributed by atoms with van der Waals surface area (Å²) in [6, 6.07) is 6.11. The predicted octanol–water partition coefficient (Wildman–Crippen LogP) is 2.74. The molecule has 0 amide bonds. The Balaban J connectivity index is 0.00000243. The van der Waals surface area contributed by atoms with Crippen LogP contribution in [-0.4, -0.2) is 52.2 Å². The van der Waals surface area contributed by atoms with Crippen molar-refractivity contribution in [2.45, 2.75) is 37.0 Å². The molecule has 2 atom stereocenters. The Morgan fingerprint density at radius 3 is 2.96 bits per heavy atom. The van der Waals surface area contributed by atoms with Gasteiger partial charge in [0.1, 0.15) is 5.69 Å². The molecule has 1 aliphatic rings. The van der Waals surface area contributed by atoms with Gasteiger partial charge in [-0.25, -0.2) is 0 Å². The minimum atomic E-state index is 0. The van der Waals surface area contributed by atoms with Gasteiger partial charge in [0, 0.05) is 37.5 Å². The minimum Gasteiger partial charge on any atom is -0.356 e. The van der Waals surface area contributed by atoms with Gasteiger partial charge in [0.15, 0.2) is 11.8 Å². The second kappa shape index (κ2) is 10.7. The fraction of sp³-hybridized carbons (Fsp3) is 0.529. The number of nitrogens with one attached hydrogen (secondary N) is 2. The number of guanidine groups is 1. The molecule has 0 aromatic carbocycles. The van der Waals surface area contributed by atoms with E-state index in [4.69, 9.17) is 4.52 Å². The van der Waals surface area contributed by atoms with Crippen molar-refractivity contribution in [3.05, 3.63) is 30.2 Å². The standard InChI is InChI=1S/C17H24N6OS.HI/c1-18-17(21-12-6-7-13(11-12)25-2)20-10-8-15-22-16(24-23-15)14-5-3-4-9-19-14;/h3-5,9,12-13H,6-8,10-11H2,1-2H3,(H2,18,20,21);1H. The zero-order valence-corrected chi connectivity index (χ0v) is 18.2. The van der Waals surface area contributed by atoms with Crippen molar-refractivity contribution in [3.63, 3.8) is 0 Å². The van der Waals surface area contributed by atoms with Gasteiger partial charge >= 0.3 is 0 Å². The summed E-state index contributed by atoms with van der Waals surface area (Å²) in [5.74, 6) is 1.94. The van der Waals surface area contributed by atoms with E-state index < -0.39 is 0 Å². The van der Waals surface area contributed by atoms with E-state index in [0.717, 1.165) is 11.2 Å². The predicted molar refractivity (Wildman–Crippen MR) is 116 cm³/mol. The molecule has 9 heteroatoms. The van der Waals surface area contributed by atoms with E-state index in [1.807, 2.05) is 30.0 Å². The van der Waals surface area contributed by atoms with Gasteiger partial charge < -0.3 is 15.2 Å². The van der Waals surface area contributed by atoms with E-state index in [2.05, 4.69) is 37.0 Å². The summed E-state index contributed by atoms with van der Waals surface area (Å²) in [6.45, 7) is 0.694. The third kappa shape index (κ3) is 5.83. The lowest BCUT2D eigenvalue weighted by Crippen LogP contribution is -2.43. The van der Waals surface area contributed by atoms with E-state index in [1.54, 1.807) is 13.2 Å². The highest BCUT2D eigenvalue weighted by Crippen LogP contribution is 2.27. The van der Waals surface area contributed by atoms with Gasteiger partial charge in [-0.1, -0.05) is 11.2 Å². The smallest absolute Gasteiger partial charge is 0.276 e. The first-order valence-corrected chi connectivity index (χ1v) is 9.81. The van der Waals surface area contributed by atoms with Gasteiger partial charge in [-0.3, -0.25) is 9.98 Å². The molecule has 0 saturated heterocycles. The highest BCUT2D eigenvalue weighted by molar-refractivity contribution is 14.0. The lowest BCUT2D eigenvalue weighted by molar-refractivity contribution is 0.421. The second-order valence-corrected chi connectivity index (χ2v) is 7.13. The van der Waals surface area contributed by atoms with Gasteiger partial charge in [-0.05, 0) is 37.7 Å². The Bertz CT molecular complexity index is 696. The summed E-state index contributed by atoms with van der Waals surface area (Å²) in [4.78, 5) is 12.9. The zero-order chi connectivity index (χ0) is 17.5. The van der Waals surface area contributed by atoms with Crippen molar-refractivity contribution < 1.29 is 4.52 Å². The fourth-order valence-electron chi connectivity index (χ4n) is 2.91. The van der Waals surface area contributed by atoms with Crippen molar-refractivity contribution in [1.29, 1.82) is 0 Å². The summed E-state index contributed by atoms with van der Waals surface area (Å²) in [5.41, 5.74) is 0.691. The third-order valence-electron chi connectivity index (χ3n) is 4.28. The molecule has 3 rings (SSSR count). The normalized spacial score (nSPS) is 19.8. The van der Waals surface area contributed by atoms with Crippen LogP contribution in [0.4, 0.5) is 0 Å². The van der Waals surface area contributed by atoms with Gasteiger partial charge in [-0.2, -0.15) is 16.7 Å². The molecule has 2 heterocycles. The summed E-state index contributed by atoms with van der Waals surface area (Å²) in [5, 5.41) is 11.6. The zero-order valence-electron chi connectivity index (χ0n) is 15.0. The number of aliphatic imine (C=N–C) groups is 1. The minimum absolute atomic E-state index is 0. The van der Waals surface area contributed by atoms with Crippen LogP contribution in [0.2, 0.25) is 0 Å². The number of aromatic nitrogens is 3. The lowest BCUT2D eigenvalue weighted by atomic mass is 10.2. The first-order valence-electron chi connectivity index (χ1n) is 8.52. The Morgan fingerprint density at radius 1 is 1.38 bits per heavy atom. The van der Waals surface area contributed by atoms with Crippen LogP contribution in [0.25, 0.3) is 11.6 Å². The van der Waals surface area contributed by atoms with Crippen LogP contribution in [0.15, 0.2) is 33.9 Å². The van der Waals surface area contributed by atoms with Gasteiger partial charge in [0.25, 0.3) is 5.89 Å². The van der Waals surface area contributed by atoms with Crippen LogP contribution < -0.4 is 10.6 Å². The molecule has 1 aliphatic carbocycles. The van der Waals surface area contributed by atoms with Crippen molar-refractivity contribution in [2.24, 2.45) is 4.99 Å². The Morgan fingerprint density at radius 2 is 2.27 bits per heavy atom. The first kappa shape index (κ1) is 20.9. The molecule has 7 nitrogen and oxygen atoms in total. The molecule has 26 heavy (non-hydrogen) atoms. The third-order valence-corrected chi connectivity index (χ3v) is 5.37. The molecule has 142 valence electrons. The maximum absolute atomic E-state index is 5.27. The van der Waals surface area contributed by atoms with E-state index in [9.17, 15) is 0 Å². The Hall–Kier alpha value is -1.36. The average Bonchev–Trinajstić information content (AvgIpc) is 3.31. The van der Waals surface area contributed by atoms with Crippen molar-refractivity contribution in [2.75, 3.05) is 19.8 Å². The maximum Gasteiger partial charge on any atom is 0.276 e. The van der Waals surface area contributed by atoms with Crippen molar-refractivity contribution in [1.82, 2.24) is 25.8 Å². The van der Waals surface area contributed by atoms with Crippen LogP contribution in [-0.2, 0) is 6.42 Å². The van der Waals surface area contributed by atoms with Gasteiger partial charge in [0.2, 0.25) is 0 Å². The van der Waals surface area contributed by atoms with Crippen LogP contribution >= 0.6 is 35.7 Å². The molecule has 2 unspecified atom stereocenters. The number of halogens is 1. The van der Waals surface area contributed by atoms with Gasteiger partial charge in [0.05, 0.1) is 0 Å². The SMILES string of the molecule is CN=C(NCCc1noc(-c2ccccn2)n1)NC1CCC(SC)C1.I. The molecule has 1 fully saturated rings. The quantitative estimate of drug-likeness (QED) is 0.367. The number of pyridine rings is 1. The number of hydrogen-bond donors (Lipinski definition) is 2. The first-order chi connectivity index (χ1) is 12.3. The summed E-state index contributed by atoms with van der Waals surface area (Å²) in [7, 11) is 1.80. The lowest BCUT2D eigenvalue weighted by Gasteiger charge is -2.17. The number of hydrogen-bond acceptors (Lipinski definition) is 6. The Kier molecular flexibility index (Phi) is 8.63. The van der Waals surface area contributed by atoms with Crippen LogP contribution in [0.5, 0.6) is 0 Å². The van der Waals surface area contributed by atoms with Crippen molar-refractivity contribution in [3.8, 4) is 11.6 Å². The summed E-state index contributed by atoms with van der Waals surface area (Å²) in [6.07, 6.45) is 8.22. The van der Waals surface area contributed by atoms with Crippen molar-refractivity contribution >= 4 is 41.7 Å². The van der Waals surface area contributed by atoms with E-state index in [0.29, 0.717) is 36.4 Å². The molecule has 1 saturated carbocycles. The topological polar surface area (TPSA) is 88.2 Å².